The molecule has 0 heterocycles. The van der Waals surface area contributed by atoms with Crippen molar-refractivity contribution < 1.29 is 44.6 Å². The van der Waals surface area contributed by atoms with Crippen molar-refractivity contribution in [3.05, 3.63) is 118 Å². The summed E-state index contributed by atoms with van der Waals surface area (Å²) in [5.41, 5.74) is 0.293. The molecule has 0 aliphatic rings. The maximum atomic E-state index is 14.6. The van der Waals surface area contributed by atoms with Crippen molar-refractivity contribution in [1.29, 1.82) is 0 Å². The van der Waals surface area contributed by atoms with E-state index in [1.165, 1.54) is 18.2 Å². The van der Waals surface area contributed by atoms with Crippen LogP contribution in [0.3, 0.4) is 0 Å². The Balaban J connectivity index is 1.45. The zero-order chi connectivity index (χ0) is 28.3. The number of alkyl halides is 2. The molecule has 0 saturated heterocycles. The number of aryl methyl sites for hydroxylation is 1. The zero-order valence-electron chi connectivity index (χ0n) is 20.3. The SMILES string of the molecule is CCCc1ccc(OCc2ccc(-c3ccc(OC(F)(F)c4cc(F)c(F)c(F)c4)c(F)c3)cc2)c(F)c1F. The Morgan fingerprint density at radius 3 is 1.87 bits per heavy atom. The van der Waals surface area contributed by atoms with Gasteiger partial charge in [-0.05, 0) is 59.0 Å². The van der Waals surface area contributed by atoms with Crippen LogP contribution < -0.4 is 9.47 Å². The van der Waals surface area contributed by atoms with Crippen molar-refractivity contribution in [3.8, 4) is 22.6 Å². The molecule has 0 aromatic heterocycles. The minimum Gasteiger partial charge on any atom is -0.486 e. The number of benzene rings is 4. The summed E-state index contributed by atoms with van der Waals surface area (Å²) in [7, 11) is 0. The summed E-state index contributed by atoms with van der Waals surface area (Å²) in [6, 6.07) is 12.4. The Hall–Kier alpha value is -4.08. The van der Waals surface area contributed by atoms with Gasteiger partial charge in [-0.15, -0.1) is 0 Å². The van der Waals surface area contributed by atoms with Crippen LogP contribution in [0.4, 0.5) is 35.1 Å². The molecule has 0 aliphatic carbocycles. The molecule has 0 unspecified atom stereocenters. The molecule has 0 N–H and O–H groups in total. The van der Waals surface area contributed by atoms with Gasteiger partial charge in [0.25, 0.3) is 0 Å². The molecule has 0 saturated carbocycles. The second-order valence-electron chi connectivity index (χ2n) is 8.60. The Morgan fingerprint density at radius 2 is 1.26 bits per heavy atom. The Labute approximate surface area is 218 Å². The minimum atomic E-state index is -4.36. The van der Waals surface area contributed by atoms with Crippen LogP contribution >= 0.6 is 0 Å². The molecular formula is C29H20F8O2. The zero-order valence-corrected chi connectivity index (χ0v) is 20.3. The molecule has 0 fully saturated rings. The predicted octanol–water partition coefficient (Wildman–Crippen LogP) is 8.85. The van der Waals surface area contributed by atoms with Crippen LogP contribution in [0.2, 0.25) is 0 Å². The summed E-state index contributed by atoms with van der Waals surface area (Å²) >= 11 is 0. The third-order valence-electron chi connectivity index (χ3n) is 5.82. The highest BCUT2D eigenvalue weighted by atomic mass is 19.3. The maximum absolute atomic E-state index is 14.6. The molecule has 0 atom stereocenters. The Bertz CT molecular complexity index is 1460. The highest BCUT2D eigenvalue weighted by molar-refractivity contribution is 5.64. The molecule has 204 valence electrons. The van der Waals surface area contributed by atoms with E-state index in [0.717, 1.165) is 12.1 Å². The molecule has 0 spiro atoms. The smallest absolute Gasteiger partial charge is 0.427 e. The van der Waals surface area contributed by atoms with Crippen LogP contribution in [0.15, 0.2) is 66.7 Å². The lowest BCUT2D eigenvalue weighted by molar-refractivity contribution is -0.187. The minimum absolute atomic E-state index is 0.0579. The van der Waals surface area contributed by atoms with E-state index in [2.05, 4.69) is 4.74 Å². The highest BCUT2D eigenvalue weighted by Crippen LogP contribution is 2.35. The fraction of sp³-hybridized carbons (Fsp3) is 0.172. The number of hydrogen-bond acceptors (Lipinski definition) is 2. The maximum Gasteiger partial charge on any atom is 0.427 e. The fourth-order valence-electron chi connectivity index (χ4n) is 3.78. The van der Waals surface area contributed by atoms with Gasteiger partial charge in [-0.25, -0.2) is 22.0 Å². The molecule has 10 heteroatoms. The fourth-order valence-corrected chi connectivity index (χ4v) is 3.78. The first kappa shape index (κ1) is 27.9. The van der Waals surface area contributed by atoms with Crippen LogP contribution in [0, 0.1) is 34.9 Å². The third-order valence-corrected chi connectivity index (χ3v) is 5.82. The van der Waals surface area contributed by atoms with Crippen LogP contribution in [-0.4, -0.2) is 0 Å². The summed E-state index contributed by atoms with van der Waals surface area (Å²) in [5.74, 6) is -9.98. The number of halogens is 8. The summed E-state index contributed by atoms with van der Waals surface area (Å²) in [5, 5.41) is 0. The largest absolute Gasteiger partial charge is 0.486 e. The summed E-state index contributed by atoms with van der Waals surface area (Å²) < 4.78 is 121. The van der Waals surface area contributed by atoms with E-state index in [4.69, 9.17) is 4.74 Å². The van der Waals surface area contributed by atoms with Crippen LogP contribution in [0.1, 0.15) is 30.0 Å². The number of hydrogen-bond donors (Lipinski definition) is 0. The molecule has 0 aliphatic heterocycles. The first-order chi connectivity index (χ1) is 18.5. The van der Waals surface area contributed by atoms with Crippen molar-refractivity contribution in [2.75, 3.05) is 0 Å². The molecule has 39 heavy (non-hydrogen) atoms. The topological polar surface area (TPSA) is 18.5 Å². The van der Waals surface area contributed by atoms with Gasteiger partial charge in [0.1, 0.15) is 6.61 Å². The second kappa shape index (κ2) is 11.3. The first-order valence-corrected chi connectivity index (χ1v) is 11.7. The van der Waals surface area contributed by atoms with E-state index in [1.54, 1.807) is 24.3 Å². The van der Waals surface area contributed by atoms with Gasteiger partial charge in [0.15, 0.2) is 40.6 Å². The van der Waals surface area contributed by atoms with Gasteiger partial charge < -0.3 is 9.47 Å². The average Bonchev–Trinajstić information content (AvgIpc) is 2.90. The summed E-state index contributed by atoms with van der Waals surface area (Å²) in [4.78, 5) is 0. The van der Waals surface area contributed by atoms with Gasteiger partial charge in [0.05, 0.1) is 5.56 Å². The van der Waals surface area contributed by atoms with Crippen LogP contribution in [0.25, 0.3) is 11.1 Å². The van der Waals surface area contributed by atoms with E-state index in [0.29, 0.717) is 24.0 Å². The molecule has 4 aromatic carbocycles. The van der Waals surface area contributed by atoms with Crippen molar-refractivity contribution >= 4 is 0 Å². The van der Waals surface area contributed by atoms with Gasteiger partial charge >= 0.3 is 6.11 Å². The van der Waals surface area contributed by atoms with Crippen molar-refractivity contribution in [1.82, 2.24) is 0 Å². The van der Waals surface area contributed by atoms with E-state index in [9.17, 15) is 35.1 Å². The molecule has 0 radical (unpaired) electrons. The number of rotatable bonds is 9. The summed E-state index contributed by atoms with van der Waals surface area (Å²) in [6.45, 7) is 1.77. The van der Waals surface area contributed by atoms with Gasteiger partial charge in [-0.3, -0.25) is 0 Å². The lowest BCUT2D eigenvalue weighted by atomic mass is 10.0. The van der Waals surface area contributed by atoms with Crippen LogP contribution in [-0.2, 0) is 19.1 Å². The van der Waals surface area contributed by atoms with Gasteiger partial charge in [0.2, 0.25) is 5.82 Å². The molecule has 4 rings (SSSR count). The van der Waals surface area contributed by atoms with Crippen molar-refractivity contribution in [2.45, 2.75) is 32.5 Å². The third kappa shape index (κ3) is 6.16. The molecular weight excluding hydrogens is 532 g/mol. The van der Waals surface area contributed by atoms with Crippen molar-refractivity contribution in [2.24, 2.45) is 0 Å². The van der Waals surface area contributed by atoms with E-state index in [1.807, 2.05) is 6.92 Å². The van der Waals surface area contributed by atoms with Gasteiger partial charge in [-0.1, -0.05) is 49.7 Å². The summed E-state index contributed by atoms with van der Waals surface area (Å²) in [6.07, 6.45) is -3.31. The number of ether oxygens (including phenoxy) is 2. The average molecular weight is 552 g/mol. The molecule has 2 nitrogen and oxygen atoms in total. The normalized spacial score (nSPS) is 11.5. The highest BCUT2D eigenvalue weighted by Gasteiger charge is 2.37. The van der Waals surface area contributed by atoms with Crippen LogP contribution in [0.5, 0.6) is 11.5 Å². The van der Waals surface area contributed by atoms with Gasteiger partial charge in [-0.2, -0.15) is 13.2 Å². The lowest BCUT2D eigenvalue weighted by Crippen LogP contribution is -2.23. The second-order valence-corrected chi connectivity index (χ2v) is 8.60. The standard InChI is InChI=1S/C29H20F8O2/c1-2-3-18-8-11-25(28(35)26(18)33)38-15-16-4-6-17(7-5-16)19-9-10-24(21(30)12-19)39-29(36,37)20-13-22(31)27(34)23(32)14-20/h4-14H,2-3,15H2,1H3. The monoisotopic (exact) mass is 552 g/mol. The van der Waals surface area contributed by atoms with E-state index in [-0.39, 0.29) is 35.6 Å². The van der Waals surface area contributed by atoms with Gasteiger partial charge in [0, 0.05) is 0 Å². The van der Waals surface area contributed by atoms with E-state index < -0.39 is 52.3 Å². The molecule has 4 aromatic rings. The Kier molecular flexibility index (Phi) is 8.13. The Morgan fingerprint density at radius 1 is 0.641 bits per heavy atom. The quantitative estimate of drug-likeness (QED) is 0.153. The van der Waals surface area contributed by atoms with E-state index >= 15 is 0 Å². The predicted molar refractivity (Wildman–Crippen MR) is 127 cm³/mol. The van der Waals surface area contributed by atoms with Crippen molar-refractivity contribution in [3.63, 3.8) is 0 Å². The molecule has 0 amide bonds. The lowest BCUT2D eigenvalue weighted by Gasteiger charge is -2.19. The first-order valence-electron chi connectivity index (χ1n) is 11.7. The molecule has 0 bridgehead atoms.